The summed E-state index contributed by atoms with van der Waals surface area (Å²) in [6.45, 7) is 7.09. The van der Waals surface area contributed by atoms with Crippen molar-refractivity contribution in [2.75, 3.05) is 6.54 Å². The van der Waals surface area contributed by atoms with Gasteiger partial charge in [0.1, 0.15) is 0 Å². The molecule has 4 bridgehead atoms. The number of rotatable bonds is 3. The van der Waals surface area contributed by atoms with Gasteiger partial charge in [0.05, 0.1) is 0 Å². The van der Waals surface area contributed by atoms with E-state index in [1.54, 1.807) is 6.92 Å². The summed E-state index contributed by atoms with van der Waals surface area (Å²) >= 11 is 0. The summed E-state index contributed by atoms with van der Waals surface area (Å²) in [6.07, 6.45) is 7.58. The van der Waals surface area contributed by atoms with E-state index in [-0.39, 0.29) is 16.9 Å². The first-order chi connectivity index (χ1) is 8.80. The third-order valence-electron chi connectivity index (χ3n) is 6.45. The Morgan fingerprint density at radius 2 is 1.84 bits per heavy atom. The standard InChI is InChI=1S/C16H28N2O/c1-11(19)18-16-7-12-4-13(8-16)6-15(5-12,9-16)14(2,3)10-17/h12-13H,4-10,17H2,1-3H3,(H,18,19). The average Bonchev–Trinajstić information content (AvgIpc) is 2.24. The summed E-state index contributed by atoms with van der Waals surface area (Å²) in [6, 6.07) is 0. The fraction of sp³-hybridized carbons (Fsp3) is 0.938. The molecule has 4 rings (SSSR count). The lowest BCUT2D eigenvalue weighted by atomic mass is 9.41. The van der Waals surface area contributed by atoms with Crippen LogP contribution in [0.5, 0.6) is 0 Å². The lowest BCUT2D eigenvalue weighted by Gasteiger charge is -2.66. The van der Waals surface area contributed by atoms with Gasteiger partial charge < -0.3 is 11.1 Å². The second-order valence-electron chi connectivity index (χ2n) is 8.29. The van der Waals surface area contributed by atoms with E-state index in [9.17, 15) is 4.79 Å². The molecule has 1 amide bonds. The Labute approximate surface area is 116 Å². The molecule has 2 atom stereocenters. The summed E-state index contributed by atoms with van der Waals surface area (Å²) in [5.41, 5.74) is 6.71. The van der Waals surface area contributed by atoms with E-state index in [2.05, 4.69) is 19.2 Å². The van der Waals surface area contributed by atoms with Gasteiger partial charge in [-0.1, -0.05) is 13.8 Å². The molecule has 4 aliphatic carbocycles. The first-order valence-corrected chi connectivity index (χ1v) is 7.79. The number of nitrogens with one attached hydrogen (secondary N) is 1. The molecule has 3 nitrogen and oxygen atoms in total. The molecule has 3 heteroatoms. The number of nitrogens with two attached hydrogens (primary N) is 1. The Bertz CT molecular complexity index is 388. The number of amides is 1. The van der Waals surface area contributed by atoms with Gasteiger partial charge in [-0.3, -0.25) is 4.79 Å². The lowest BCUT2D eigenvalue weighted by Crippen LogP contribution is -2.66. The van der Waals surface area contributed by atoms with Gasteiger partial charge in [-0.2, -0.15) is 0 Å². The van der Waals surface area contributed by atoms with Crippen molar-refractivity contribution in [2.45, 2.75) is 64.8 Å². The van der Waals surface area contributed by atoms with Crippen LogP contribution in [0.2, 0.25) is 0 Å². The van der Waals surface area contributed by atoms with Crippen molar-refractivity contribution in [3.8, 4) is 0 Å². The predicted octanol–water partition coefficient (Wildman–Crippen LogP) is 2.45. The SMILES string of the molecule is CC(=O)NC12CC3CC(C1)CC(C(C)(C)CN)(C3)C2. The predicted molar refractivity (Wildman–Crippen MR) is 76.5 cm³/mol. The van der Waals surface area contributed by atoms with Crippen LogP contribution in [0.4, 0.5) is 0 Å². The van der Waals surface area contributed by atoms with Crippen LogP contribution in [0.15, 0.2) is 0 Å². The molecule has 19 heavy (non-hydrogen) atoms. The monoisotopic (exact) mass is 264 g/mol. The van der Waals surface area contributed by atoms with Crippen LogP contribution in [-0.2, 0) is 4.79 Å². The van der Waals surface area contributed by atoms with E-state index >= 15 is 0 Å². The molecular formula is C16H28N2O. The van der Waals surface area contributed by atoms with Crippen molar-refractivity contribution in [1.29, 1.82) is 0 Å². The van der Waals surface area contributed by atoms with E-state index in [0.717, 1.165) is 24.8 Å². The van der Waals surface area contributed by atoms with Gasteiger partial charge >= 0.3 is 0 Å². The van der Waals surface area contributed by atoms with Gasteiger partial charge in [0.15, 0.2) is 0 Å². The highest BCUT2D eigenvalue weighted by Gasteiger charge is 2.61. The lowest BCUT2D eigenvalue weighted by molar-refractivity contribution is -0.146. The quantitative estimate of drug-likeness (QED) is 0.822. The molecule has 2 unspecified atom stereocenters. The number of hydrogen-bond donors (Lipinski definition) is 2. The maximum atomic E-state index is 11.6. The average molecular weight is 264 g/mol. The van der Waals surface area contributed by atoms with Gasteiger partial charge in [0.25, 0.3) is 0 Å². The summed E-state index contributed by atoms with van der Waals surface area (Å²) in [7, 11) is 0. The van der Waals surface area contributed by atoms with Crippen molar-refractivity contribution in [3.05, 3.63) is 0 Å². The normalized spacial score (nSPS) is 44.4. The molecular weight excluding hydrogens is 236 g/mol. The second-order valence-corrected chi connectivity index (χ2v) is 8.29. The summed E-state index contributed by atoms with van der Waals surface area (Å²) < 4.78 is 0. The summed E-state index contributed by atoms with van der Waals surface area (Å²) in [5, 5.41) is 3.33. The topological polar surface area (TPSA) is 55.1 Å². The van der Waals surface area contributed by atoms with Gasteiger partial charge in [-0.25, -0.2) is 0 Å². The molecule has 3 N–H and O–H groups in total. The van der Waals surface area contributed by atoms with Crippen LogP contribution in [0.25, 0.3) is 0 Å². The molecule has 0 spiro atoms. The maximum Gasteiger partial charge on any atom is 0.217 e. The van der Waals surface area contributed by atoms with Crippen LogP contribution < -0.4 is 11.1 Å². The van der Waals surface area contributed by atoms with E-state index < -0.39 is 0 Å². The molecule has 0 aromatic heterocycles. The highest BCUT2D eigenvalue weighted by Crippen LogP contribution is 2.66. The molecule has 0 radical (unpaired) electrons. The summed E-state index contributed by atoms with van der Waals surface area (Å²) in [5.74, 6) is 1.75. The highest BCUT2D eigenvalue weighted by molar-refractivity contribution is 5.74. The van der Waals surface area contributed by atoms with E-state index in [4.69, 9.17) is 5.73 Å². The zero-order valence-corrected chi connectivity index (χ0v) is 12.6. The van der Waals surface area contributed by atoms with Crippen molar-refractivity contribution >= 4 is 5.91 Å². The van der Waals surface area contributed by atoms with Crippen LogP contribution in [0.3, 0.4) is 0 Å². The van der Waals surface area contributed by atoms with Crippen molar-refractivity contribution in [2.24, 2.45) is 28.4 Å². The maximum absolute atomic E-state index is 11.6. The van der Waals surface area contributed by atoms with Crippen molar-refractivity contribution < 1.29 is 4.79 Å². The molecule has 0 heterocycles. The minimum atomic E-state index is 0.0857. The van der Waals surface area contributed by atoms with Gasteiger partial charge in [0, 0.05) is 12.5 Å². The zero-order valence-electron chi connectivity index (χ0n) is 12.6. The highest BCUT2D eigenvalue weighted by atomic mass is 16.1. The van der Waals surface area contributed by atoms with Crippen molar-refractivity contribution in [1.82, 2.24) is 5.32 Å². The Hall–Kier alpha value is -0.570. The molecule has 0 saturated heterocycles. The third-order valence-corrected chi connectivity index (χ3v) is 6.45. The molecule has 4 saturated carbocycles. The second kappa shape index (κ2) is 3.97. The third kappa shape index (κ3) is 1.93. The Morgan fingerprint density at radius 3 is 2.32 bits per heavy atom. The number of carbonyl (C=O) groups excluding carboxylic acids is 1. The van der Waals surface area contributed by atoms with Crippen LogP contribution in [0, 0.1) is 22.7 Å². The van der Waals surface area contributed by atoms with Crippen LogP contribution >= 0.6 is 0 Å². The smallest absolute Gasteiger partial charge is 0.217 e. The van der Waals surface area contributed by atoms with Crippen molar-refractivity contribution in [3.63, 3.8) is 0 Å². The summed E-state index contributed by atoms with van der Waals surface area (Å²) in [4.78, 5) is 11.6. The zero-order chi connectivity index (χ0) is 13.9. The van der Waals surface area contributed by atoms with Crippen LogP contribution in [0.1, 0.15) is 59.3 Å². The molecule has 0 aliphatic heterocycles. The number of carbonyl (C=O) groups is 1. The fourth-order valence-corrected chi connectivity index (χ4v) is 5.79. The van der Waals surface area contributed by atoms with E-state index in [0.29, 0.717) is 5.41 Å². The molecule has 4 fully saturated rings. The first kappa shape index (κ1) is 13.4. The minimum absolute atomic E-state index is 0.0857. The minimum Gasteiger partial charge on any atom is -0.351 e. The Kier molecular flexibility index (Phi) is 2.80. The van der Waals surface area contributed by atoms with E-state index in [1.807, 2.05) is 0 Å². The van der Waals surface area contributed by atoms with E-state index in [1.165, 1.54) is 32.1 Å². The fourth-order valence-electron chi connectivity index (χ4n) is 5.79. The molecule has 0 aromatic rings. The number of hydrogen-bond acceptors (Lipinski definition) is 2. The van der Waals surface area contributed by atoms with Gasteiger partial charge in [-0.15, -0.1) is 0 Å². The molecule has 0 aromatic carbocycles. The largest absolute Gasteiger partial charge is 0.351 e. The van der Waals surface area contributed by atoms with Gasteiger partial charge in [-0.05, 0) is 67.7 Å². The first-order valence-electron chi connectivity index (χ1n) is 7.79. The van der Waals surface area contributed by atoms with Gasteiger partial charge in [0.2, 0.25) is 5.91 Å². The Morgan fingerprint density at radius 1 is 1.26 bits per heavy atom. The van der Waals surface area contributed by atoms with Crippen LogP contribution in [-0.4, -0.2) is 18.0 Å². The Balaban J connectivity index is 1.95. The molecule has 4 aliphatic rings. The molecule has 108 valence electrons.